The molecule has 0 aliphatic heterocycles. The lowest BCUT2D eigenvalue weighted by atomic mass is 10.8. The zero-order chi connectivity index (χ0) is 5.70. The number of halogens is 1. The summed E-state index contributed by atoms with van der Waals surface area (Å²) < 4.78 is 2.76. The van der Waals surface area contributed by atoms with Gasteiger partial charge in [-0.3, -0.25) is 0 Å². The molecular weight excluding hydrogens is 223 g/mol. The van der Waals surface area contributed by atoms with Gasteiger partial charge in [-0.1, -0.05) is 0 Å². The van der Waals surface area contributed by atoms with Crippen LogP contribution in [0.3, 0.4) is 0 Å². The fourth-order valence-electron chi connectivity index (χ4n) is 0.194. The normalized spacial score (nSPS) is 7.71. The molecule has 2 nitrogen and oxygen atoms in total. The van der Waals surface area contributed by atoms with Crippen molar-refractivity contribution in [1.82, 2.24) is 8.85 Å². The van der Waals surface area contributed by atoms with E-state index in [1.165, 1.54) is 0 Å². The summed E-state index contributed by atoms with van der Waals surface area (Å²) in [4.78, 5) is 0. The van der Waals surface area contributed by atoms with Crippen LogP contribution in [0.5, 0.6) is 0 Å². The summed E-state index contributed by atoms with van der Waals surface area (Å²) in [5, 5.41) is 3.61. The van der Waals surface area contributed by atoms with E-state index in [-0.39, 0.29) is 0 Å². The van der Waals surface area contributed by atoms with Crippen LogP contribution >= 0.6 is 35.1 Å². The summed E-state index contributed by atoms with van der Waals surface area (Å²) in [7, 11) is 0. The summed E-state index contributed by atoms with van der Waals surface area (Å²) in [5.41, 5.74) is 0. The predicted molar refractivity (Wildman–Crippen MR) is 43.4 cm³/mol. The van der Waals surface area contributed by atoms with E-state index in [0.29, 0.717) is 5.11 Å². The van der Waals surface area contributed by atoms with Crippen molar-refractivity contribution < 1.29 is 0 Å². The molecule has 0 rings (SSSR count). The second-order valence-corrected chi connectivity index (χ2v) is 1.90. The Hall–Kier alpha value is 0.420. The van der Waals surface area contributed by atoms with Gasteiger partial charge < -0.3 is 8.85 Å². The van der Waals surface area contributed by atoms with E-state index < -0.39 is 0 Å². The van der Waals surface area contributed by atoms with E-state index in [1.54, 1.807) is 0 Å². The van der Waals surface area contributed by atoms with E-state index in [4.69, 9.17) is 12.2 Å². The number of nitrogens with one attached hydrogen (secondary N) is 2. The fourth-order valence-corrected chi connectivity index (χ4v) is 0.529. The topological polar surface area (TPSA) is 24.1 Å². The van der Waals surface area contributed by atoms with Crippen molar-refractivity contribution in [2.24, 2.45) is 0 Å². The number of hydrogen-bond donors (Lipinski definition) is 2. The highest BCUT2D eigenvalue weighted by Gasteiger charge is 1.82. The van der Waals surface area contributed by atoms with Gasteiger partial charge in [0.25, 0.3) is 0 Å². The summed E-state index contributed by atoms with van der Waals surface area (Å²) >= 11 is 6.71. The molecule has 0 atom stereocenters. The molecule has 0 spiro atoms. The van der Waals surface area contributed by atoms with Gasteiger partial charge in [0.15, 0.2) is 5.11 Å². The first-order valence-electron chi connectivity index (χ1n) is 1.95. The average Bonchev–Trinajstić information content (AvgIpc) is 1.68. The molecule has 0 heterocycles. The third-order valence-electron chi connectivity index (χ3n) is 0.423. The van der Waals surface area contributed by atoms with Crippen molar-refractivity contribution in [2.75, 3.05) is 6.54 Å². The molecule has 0 amide bonds. The summed E-state index contributed by atoms with van der Waals surface area (Å²) in [6, 6.07) is 0. The highest BCUT2D eigenvalue weighted by molar-refractivity contribution is 14.1. The first-order valence-corrected chi connectivity index (χ1v) is 3.44. The fraction of sp³-hybridized carbons (Fsp3) is 0.667. The molecule has 0 aromatic carbocycles. The zero-order valence-electron chi connectivity index (χ0n) is 3.99. The number of hydrogen-bond acceptors (Lipinski definition) is 1. The molecule has 0 radical (unpaired) electrons. The molecule has 0 saturated carbocycles. The van der Waals surface area contributed by atoms with Crippen LogP contribution in [0.15, 0.2) is 0 Å². The maximum Gasteiger partial charge on any atom is 0.175 e. The maximum atomic E-state index is 4.72. The van der Waals surface area contributed by atoms with E-state index in [1.807, 2.05) is 29.8 Å². The zero-order valence-corrected chi connectivity index (χ0v) is 6.97. The van der Waals surface area contributed by atoms with Crippen LogP contribution in [0.25, 0.3) is 0 Å². The van der Waals surface area contributed by atoms with Crippen LogP contribution < -0.4 is 8.85 Å². The van der Waals surface area contributed by atoms with Crippen LogP contribution in [-0.4, -0.2) is 11.7 Å². The van der Waals surface area contributed by atoms with Gasteiger partial charge in [0.1, 0.15) is 0 Å². The van der Waals surface area contributed by atoms with Crippen molar-refractivity contribution in [3.8, 4) is 0 Å². The monoisotopic (exact) mass is 230 g/mol. The van der Waals surface area contributed by atoms with Gasteiger partial charge in [0.2, 0.25) is 0 Å². The van der Waals surface area contributed by atoms with Crippen molar-refractivity contribution >= 4 is 40.2 Å². The average molecular weight is 230 g/mol. The highest BCUT2D eigenvalue weighted by atomic mass is 127. The molecule has 0 saturated heterocycles. The highest BCUT2D eigenvalue weighted by Crippen LogP contribution is 1.69. The predicted octanol–water partition coefficient (Wildman–Crippen LogP) is 0.820. The van der Waals surface area contributed by atoms with Gasteiger partial charge in [-0.05, 0) is 19.1 Å². The lowest BCUT2D eigenvalue weighted by Gasteiger charge is -1.98. The molecule has 0 fully saturated rings. The Balaban J connectivity index is 3.00. The SMILES string of the molecule is CCNC(=S)NI. The molecule has 0 aliphatic carbocycles. The van der Waals surface area contributed by atoms with E-state index >= 15 is 0 Å². The van der Waals surface area contributed by atoms with E-state index in [0.717, 1.165) is 6.54 Å². The maximum absolute atomic E-state index is 4.72. The second-order valence-electron chi connectivity index (χ2n) is 0.954. The second kappa shape index (κ2) is 4.58. The molecule has 2 N–H and O–H groups in total. The van der Waals surface area contributed by atoms with Crippen LogP contribution in [0.4, 0.5) is 0 Å². The minimum atomic E-state index is 0.697. The minimum Gasteiger partial charge on any atom is -0.362 e. The molecule has 0 aromatic heterocycles. The third kappa shape index (κ3) is 4.27. The first kappa shape index (κ1) is 7.42. The Labute approximate surface area is 62.5 Å². The Bertz CT molecular complexity index is 66.0. The van der Waals surface area contributed by atoms with Gasteiger partial charge in [-0.15, -0.1) is 0 Å². The van der Waals surface area contributed by atoms with E-state index in [2.05, 4.69) is 8.85 Å². The Morgan fingerprint density at radius 1 is 1.86 bits per heavy atom. The van der Waals surface area contributed by atoms with Crippen molar-refractivity contribution in [1.29, 1.82) is 0 Å². The van der Waals surface area contributed by atoms with Crippen molar-refractivity contribution in [3.63, 3.8) is 0 Å². The van der Waals surface area contributed by atoms with Crippen LogP contribution in [0.1, 0.15) is 6.92 Å². The largest absolute Gasteiger partial charge is 0.362 e. The minimum absolute atomic E-state index is 0.697. The first-order chi connectivity index (χ1) is 3.31. The lowest BCUT2D eigenvalue weighted by Crippen LogP contribution is -2.28. The number of thiocarbonyl (C=S) groups is 1. The summed E-state index contributed by atoms with van der Waals surface area (Å²) in [6.07, 6.45) is 0. The van der Waals surface area contributed by atoms with Crippen LogP contribution in [0, 0.1) is 0 Å². The Morgan fingerprint density at radius 3 is 2.57 bits per heavy atom. The number of rotatable bonds is 1. The molecule has 0 bridgehead atoms. The Kier molecular flexibility index (Phi) is 4.85. The summed E-state index contributed by atoms with van der Waals surface area (Å²) in [5.74, 6) is 0. The third-order valence-corrected chi connectivity index (χ3v) is 1.57. The molecule has 42 valence electrons. The molecule has 0 aliphatic rings. The Morgan fingerprint density at radius 2 is 2.43 bits per heavy atom. The van der Waals surface area contributed by atoms with Crippen LogP contribution in [-0.2, 0) is 0 Å². The molecule has 7 heavy (non-hydrogen) atoms. The van der Waals surface area contributed by atoms with Crippen molar-refractivity contribution in [2.45, 2.75) is 6.92 Å². The molecular formula is C3H7IN2S. The molecule has 0 unspecified atom stereocenters. The van der Waals surface area contributed by atoms with Gasteiger partial charge in [0.05, 0.1) is 22.9 Å². The van der Waals surface area contributed by atoms with Gasteiger partial charge in [0, 0.05) is 6.54 Å². The smallest absolute Gasteiger partial charge is 0.175 e. The standard InChI is InChI=1S/C3H7IN2S/c1-2-5-3(7)6-4/h2H2,1H3,(H2,5,6,7). The summed E-state index contributed by atoms with van der Waals surface area (Å²) in [6.45, 7) is 2.88. The van der Waals surface area contributed by atoms with Gasteiger partial charge >= 0.3 is 0 Å². The van der Waals surface area contributed by atoms with Gasteiger partial charge in [-0.25, -0.2) is 0 Å². The van der Waals surface area contributed by atoms with E-state index in [9.17, 15) is 0 Å². The lowest BCUT2D eigenvalue weighted by molar-refractivity contribution is 0.968. The van der Waals surface area contributed by atoms with Gasteiger partial charge in [-0.2, -0.15) is 0 Å². The quantitative estimate of drug-likeness (QED) is 0.396. The van der Waals surface area contributed by atoms with Crippen molar-refractivity contribution in [3.05, 3.63) is 0 Å². The molecule has 4 heteroatoms. The van der Waals surface area contributed by atoms with Crippen LogP contribution in [0.2, 0.25) is 0 Å². The molecule has 0 aromatic rings.